The number of rotatable bonds is 36. The highest BCUT2D eigenvalue weighted by Crippen LogP contribution is 2.40. The Kier molecular flexibility index (Phi) is 35.8. The zero-order valence-electron chi connectivity index (χ0n) is 67.5. The van der Waals surface area contributed by atoms with E-state index in [0.29, 0.717) is 12.8 Å². The first-order valence-corrected chi connectivity index (χ1v) is 39.6. The van der Waals surface area contributed by atoms with Gasteiger partial charge in [0.05, 0.1) is 64.4 Å². The van der Waals surface area contributed by atoms with Gasteiger partial charge < -0.3 is 192 Å². The van der Waals surface area contributed by atoms with E-state index in [1.54, 1.807) is 0 Å². The highest BCUT2D eigenvalue weighted by atomic mass is 16.8. The number of carboxylic acid groups (broad SMARTS) is 1. The fourth-order valence-electron chi connectivity index (χ4n) is 15.8. The van der Waals surface area contributed by atoms with E-state index in [0.717, 1.165) is 32.6 Å². The molecule has 0 spiro atoms. The van der Waals surface area contributed by atoms with Crippen LogP contribution < -0.4 is 48.3 Å². The van der Waals surface area contributed by atoms with Gasteiger partial charge in [0.25, 0.3) is 5.79 Å². The second-order valence-corrected chi connectivity index (χ2v) is 31.1. The van der Waals surface area contributed by atoms with Gasteiger partial charge in [-0.2, -0.15) is 0 Å². The van der Waals surface area contributed by atoms with E-state index in [4.69, 9.17) is 53.1 Å². The quantitative estimate of drug-likeness (QED) is 0.0277. The average Bonchev–Trinajstić information content (AvgIpc) is 1.18. The van der Waals surface area contributed by atoms with Crippen molar-refractivity contribution in [2.45, 2.75) is 301 Å². The fraction of sp³-hybridized carbons (Fsp3) is 0.817. The molecule has 692 valence electrons. The molecule has 34 atom stereocenters. The summed E-state index contributed by atoms with van der Waals surface area (Å²) in [6.45, 7) is -0.118. The number of nitrogens with zero attached hydrogens (tertiary/aromatic N) is 3. The molecule has 12 amide bonds. The predicted molar refractivity (Wildman–Crippen MR) is 395 cm³/mol. The van der Waals surface area contributed by atoms with E-state index in [9.17, 15) is 139 Å². The number of hydrogen-bond acceptors (Lipinski definition) is 38. The van der Waals surface area contributed by atoms with Crippen molar-refractivity contribution in [2.75, 3.05) is 65.8 Å². The minimum absolute atomic E-state index is 0.0526. The Morgan fingerprint density at radius 1 is 0.525 bits per heavy atom. The lowest BCUT2D eigenvalue weighted by Crippen LogP contribution is -2.71. The summed E-state index contributed by atoms with van der Waals surface area (Å²) in [4.78, 5) is 180. The van der Waals surface area contributed by atoms with Crippen molar-refractivity contribution in [1.82, 2.24) is 57.2 Å². The van der Waals surface area contributed by atoms with Crippen LogP contribution in [0.25, 0.3) is 0 Å². The van der Waals surface area contributed by atoms with Gasteiger partial charge in [-0.05, 0) is 59.3 Å². The minimum atomic E-state index is -3.38. The summed E-state index contributed by atoms with van der Waals surface area (Å²) in [5, 5.41) is 196. The van der Waals surface area contributed by atoms with Crippen LogP contribution in [0.15, 0.2) is 0 Å². The third-order valence-electron chi connectivity index (χ3n) is 22.2. The Bertz CT molecular complexity index is 3660. The molecular formula is C71H114N12O39. The Balaban J connectivity index is 1.17. The lowest BCUT2D eigenvalue weighted by molar-refractivity contribution is -0.383. The van der Waals surface area contributed by atoms with Crippen LogP contribution in [-0.4, -0.2) is 446 Å². The molecule has 122 heavy (non-hydrogen) atoms. The summed E-state index contributed by atoms with van der Waals surface area (Å²) >= 11 is 0. The van der Waals surface area contributed by atoms with Crippen LogP contribution in [0.5, 0.6) is 0 Å². The molecule has 51 heteroatoms. The van der Waals surface area contributed by atoms with Crippen LogP contribution in [0.1, 0.15) is 93.4 Å². The maximum Gasteiger partial charge on any atom is 0.364 e. The maximum absolute atomic E-state index is 15.3. The number of hydrogen-bond donors (Lipinski definition) is 25. The van der Waals surface area contributed by atoms with Crippen LogP contribution >= 0.6 is 0 Å². The molecule has 0 aromatic carbocycles. The Morgan fingerprint density at radius 2 is 1.06 bits per heavy atom. The summed E-state index contributed by atoms with van der Waals surface area (Å²) in [7, 11) is 0. The third kappa shape index (κ3) is 23.4. The maximum atomic E-state index is 15.3. The smallest absolute Gasteiger partial charge is 0.364 e. The lowest BCUT2D eigenvalue weighted by atomic mass is 9.88. The van der Waals surface area contributed by atoms with E-state index < -0.39 is 337 Å². The number of aliphatic carboxylic acids is 1. The Morgan fingerprint density at radius 3 is 1.63 bits per heavy atom. The number of carbonyl (C=O) groups excluding carboxylic acids is 12. The molecule has 8 heterocycles. The van der Waals surface area contributed by atoms with Crippen LogP contribution in [0.4, 0.5) is 0 Å². The van der Waals surface area contributed by atoms with Gasteiger partial charge in [0, 0.05) is 53.8 Å². The van der Waals surface area contributed by atoms with E-state index in [2.05, 4.69) is 42.5 Å². The zero-order valence-corrected chi connectivity index (χ0v) is 67.5. The van der Waals surface area contributed by atoms with Gasteiger partial charge in [0.1, 0.15) is 158 Å². The second kappa shape index (κ2) is 43.8. The monoisotopic (exact) mass is 1760 g/mol. The summed E-state index contributed by atoms with van der Waals surface area (Å²) in [6, 6.07) is -16.3. The molecule has 51 nitrogen and oxygen atoms in total. The predicted octanol–water partition coefficient (Wildman–Crippen LogP) is -16.3. The lowest BCUT2D eigenvalue weighted by Gasteiger charge is -2.51. The summed E-state index contributed by atoms with van der Waals surface area (Å²) in [5.74, 6) is -16.8. The van der Waals surface area contributed by atoms with E-state index in [-0.39, 0.29) is 45.3 Å². The van der Waals surface area contributed by atoms with Crippen LogP contribution in [-0.2, 0) is 110 Å². The van der Waals surface area contributed by atoms with Gasteiger partial charge in [0.2, 0.25) is 70.9 Å². The standard InChI is InChI=1S/C71H114N12O39/c1-25(59(72)104)74-62(107)34-12-9-15-82(34)65(110)35-13-10-16-83(35)64(109)26(2)75-63(108)43(80-60(105)32(19-84)79-42(95)18-73-61(106)33-11-8-14-81(33)31(7)92)27(3)114-67-46(78-30(6)91)56(50(99)41(118-67)24-113-66-45(77-29(5)90)51(100)55(40(23-88)117-66)119-68-53(102)52(101)48(97)38(21-86)115-68)120-69-54(103)58(49(98)39(22-87)116-69)122-71(70(111)112)17-36(93)44(76-28(4)89)57(121-71)47(96)37(94)20-85/h25-27,32-41,43-58,66-69,84-88,93-94,96-103H,8-24H2,1-7H3,(H2,72,104)(H,73,106)(H,74,107)(H,75,108)(H,76,89)(H,77,90)(H,78,91)(H,79,95)(H,80,105)(H,111,112)/t25?,26?,27?,32?,33?,34?,35?,36-,37-,38?,39?,40?,41?,43?,44-,45+,46-,47-,48+,49+,50+,51?,52?,53+,54+,55-,56?,57?,58?,66-,67+,68+,69+,71+/m1/s1. The van der Waals surface area contributed by atoms with Gasteiger partial charge in [-0.1, -0.05) is 0 Å². The molecule has 26 N–H and O–H groups in total. The summed E-state index contributed by atoms with van der Waals surface area (Å²) < 4.78 is 60.0. The first-order chi connectivity index (χ1) is 57.5. The number of nitrogens with one attached hydrogen (secondary N) is 8. The molecule has 8 saturated heterocycles. The topological polar surface area (TPSA) is 770 Å². The second-order valence-electron chi connectivity index (χ2n) is 31.1. The summed E-state index contributed by atoms with van der Waals surface area (Å²) in [5.41, 5.74) is 5.37. The molecule has 8 rings (SSSR count). The van der Waals surface area contributed by atoms with Gasteiger partial charge in [-0.3, -0.25) is 57.5 Å². The van der Waals surface area contributed by atoms with Crippen molar-refractivity contribution in [3.8, 4) is 0 Å². The number of nitrogens with two attached hydrogens (primary N) is 1. The van der Waals surface area contributed by atoms with Gasteiger partial charge >= 0.3 is 5.97 Å². The largest absolute Gasteiger partial charge is 0.477 e. The number of carbonyl (C=O) groups is 13. The van der Waals surface area contributed by atoms with E-state index in [1.165, 1.54) is 30.6 Å². The number of likely N-dealkylation sites (tertiary alicyclic amines) is 3. The van der Waals surface area contributed by atoms with Crippen molar-refractivity contribution in [2.24, 2.45) is 5.73 Å². The van der Waals surface area contributed by atoms with Crippen molar-refractivity contribution in [3.05, 3.63) is 0 Å². The van der Waals surface area contributed by atoms with Crippen LogP contribution in [0.3, 0.4) is 0 Å². The van der Waals surface area contributed by atoms with Crippen molar-refractivity contribution >= 4 is 76.9 Å². The number of carboxylic acids is 1. The SMILES string of the molecule is CC(=O)N[C@@H]1C(O[C@@H]2OC(CO)[C@H](O)C(O[C@]3(C(=O)O)C[C@@H](O)[C@@H](NC(C)=O)C([C@H](O)[C@H](O)CO)O3)[C@@H]2O)[C@@H](O)C(CO[C@@H]2OC(CO)[C@@H](O[C@@H]3OC(CO)[C@H](O)C(O)[C@@H]3O)C(O)[C@@H]2NC(C)=O)O[C@@H]1OC(C)C(NC(=O)C(CO)NC(=O)CNC(=O)C1CCCN1C(C)=O)C(=O)NC(C)C(=O)N1CCCC1C(=O)N1CCCC1C(=O)NC(C)C(N)=O. The number of aliphatic hydroxyl groups excluding tert-OH is 15. The third-order valence-corrected chi connectivity index (χ3v) is 22.2. The van der Waals surface area contributed by atoms with E-state index in [1.807, 2.05) is 0 Å². The van der Waals surface area contributed by atoms with Gasteiger partial charge in [-0.15, -0.1) is 0 Å². The van der Waals surface area contributed by atoms with Crippen LogP contribution in [0, 0.1) is 0 Å². The number of amides is 12. The molecule has 0 radical (unpaired) electrons. The Hall–Kier alpha value is -7.89. The molecule has 0 aliphatic carbocycles. The first-order valence-electron chi connectivity index (χ1n) is 39.6. The molecule has 0 aromatic heterocycles. The zero-order chi connectivity index (χ0) is 90.5. The van der Waals surface area contributed by atoms with Crippen molar-refractivity contribution in [1.29, 1.82) is 0 Å². The summed E-state index contributed by atoms with van der Waals surface area (Å²) in [6.07, 6.45) is -49.7. The molecule has 8 fully saturated rings. The highest BCUT2D eigenvalue weighted by Gasteiger charge is 2.62. The number of aliphatic hydroxyl groups is 15. The molecule has 0 bridgehead atoms. The number of primary amides is 1. The fourth-order valence-corrected chi connectivity index (χ4v) is 15.8. The highest BCUT2D eigenvalue weighted by molar-refractivity contribution is 5.98. The van der Waals surface area contributed by atoms with E-state index >= 15 is 4.79 Å². The molecule has 0 saturated carbocycles. The van der Waals surface area contributed by atoms with Crippen LogP contribution in [0.2, 0.25) is 0 Å². The van der Waals surface area contributed by atoms with Gasteiger partial charge in [-0.25, -0.2) is 4.79 Å². The van der Waals surface area contributed by atoms with Crippen molar-refractivity contribution < 1.29 is 191 Å². The molecule has 8 aliphatic rings. The molecule has 17 unspecified atom stereocenters. The minimum Gasteiger partial charge on any atom is -0.477 e. The Labute approximate surface area is 695 Å². The first kappa shape index (κ1) is 99.5. The average molecular weight is 1760 g/mol. The van der Waals surface area contributed by atoms with Crippen molar-refractivity contribution in [3.63, 3.8) is 0 Å². The number of ether oxygens (including phenoxy) is 10. The normalized spacial score (nSPS) is 35.9. The molecular weight excluding hydrogens is 1640 g/mol. The van der Waals surface area contributed by atoms with Gasteiger partial charge in [0.15, 0.2) is 25.2 Å². The molecule has 8 aliphatic heterocycles. The molecule has 0 aromatic rings.